The van der Waals surface area contributed by atoms with Crippen LogP contribution in [-0.2, 0) is 4.74 Å². The van der Waals surface area contributed by atoms with Gasteiger partial charge in [0.25, 0.3) is 0 Å². The number of nitrogens with one attached hydrogen (secondary N) is 2. The fourth-order valence-corrected chi connectivity index (χ4v) is 3.12. The van der Waals surface area contributed by atoms with Crippen LogP contribution < -0.4 is 10.6 Å². The van der Waals surface area contributed by atoms with Crippen LogP contribution in [0.5, 0.6) is 0 Å². The maximum atomic E-state index is 11.9. The minimum absolute atomic E-state index is 0.317. The molecule has 0 saturated carbocycles. The van der Waals surface area contributed by atoms with E-state index in [4.69, 9.17) is 17.0 Å². The van der Waals surface area contributed by atoms with Gasteiger partial charge in [-0.15, -0.1) is 11.3 Å². The second kappa shape index (κ2) is 6.80. The van der Waals surface area contributed by atoms with Crippen molar-refractivity contribution in [1.29, 1.82) is 0 Å². The van der Waals surface area contributed by atoms with Gasteiger partial charge in [0.15, 0.2) is 5.11 Å². The van der Waals surface area contributed by atoms with E-state index < -0.39 is 0 Å². The molecule has 8 heteroatoms. The quantitative estimate of drug-likeness (QED) is 0.659. The Morgan fingerprint density at radius 1 is 1.32 bits per heavy atom. The van der Waals surface area contributed by atoms with Gasteiger partial charge in [-0.3, -0.25) is 0 Å². The number of rotatable bonds is 3. The molecular formula is C14H16N4O2S2. The molecular weight excluding hydrogens is 320 g/mol. The first-order chi connectivity index (χ1) is 10.4. The van der Waals surface area contributed by atoms with E-state index in [2.05, 4.69) is 20.6 Å². The first kappa shape index (κ1) is 16.3. The molecule has 0 saturated heterocycles. The van der Waals surface area contributed by atoms with Gasteiger partial charge < -0.3 is 15.4 Å². The standard InChI is InChI=1S/C14H16N4O2S2/c1-7-5-6-15-13(16-7)18-14(21)17-11-10(12(19)20-4)8(2)9(3)22-11/h5-6H,1-4H3,(H2,15,16,17,18,21). The van der Waals surface area contributed by atoms with Gasteiger partial charge in [0.1, 0.15) is 5.00 Å². The van der Waals surface area contributed by atoms with Crippen molar-refractivity contribution in [3.05, 3.63) is 34.0 Å². The summed E-state index contributed by atoms with van der Waals surface area (Å²) in [6, 6.07) is 1.79. The van der Waals surface area contributed by atoms with Gasteiger partial charge in [-0.25, -0.2) is 14.8 Å². The van der Waals surface area contributed by atoms with Gasteiger partial charge in [0, 0.05) is 16.8 Å². The van der Waals surface area contributed by atoms with Crippen LogP contribution in [-0.4, -0.2) is 28.2 Å². The lowest BCUT2D eigenvalue weighted by atomic mass is 10.1. The number of thiocarbonyl (C=S) groups is 1. The molecule has 6 nitrogen and oxygen atoms in total. The van der Waals surface area contributed by atoms with E-state index in [9.17, 15) is 4.79 Å². The summed E-state index contributed by atoms with van der Waals surface area (Å²) in [7, 11) is 1.36. The summed E-state index contributed by atoms with van der Waals surface area (Å²) in [5, 5.41) is 6.87. The highest BCUT2D eigenvalue weighted by Gasteiger charge is 2.20. The van der Waals surface area contributed by atoms with Gasteiger partial charge >= 0.3 is 5.97 Å². The molecule has 22 heavy (non-hydrogen) atoms. The molecule has 0 bridgehead atoms. The summed E-state index contributed by atoms with van der Waals surface area (Å²) in [4.78, 5) is 21.2. The number of ether oxygens (including phenoxy) is 1. The number of anilines is 2. The first-order valence-corrected chi connectivity index (χ1v) is 7.70. The molecule has 2 N–H and O–H groups in total. The van der Waals surface area contributed by atoms with Crippen molar-refractivity contribution in [2.75, 3.05) is 17.7 Å². The molecule has 0 unspecified atom stereocenters. The highest BCUT2D eigenvalue weighted by molar-refractivity contribution is 7.80. The predicted molar refractivity (Wildman–Crippen MR) is 91.7 cm³/mol. The molecule has 0 aliphatic heterocycles. The van der Waals surface area contributed by atoms with E-state index in [1.165, 1.54) is 18.4 Å². The lowest BCUT2D eigenvalue weighted by molar-refractivity contribution is 0.0601. The van der Waals surface area contributed by atoms with Gasteiger partial charge in [-0.1, -0.05) is 0 Å². The van der Waals surface area contributed by atoms with Crippen LogP contribution in [0.3, 0.4) is 0 Å². The van der Waals surface area contributed by atoms with Crippen molar-refractivity contribution >= 4 is 45.6 Å². The molecule has 2 rings (SSSR count). The molecule has 2 aromatic heterocycles. The Balaban J connectivity index is 2.18. The zero-order valence-corrected chi connectivity index (χ0v) is 14.3. The fraction of sp³-hybridized carbons (Fsp3) is 0.286. The van der Waals surface area contributed by atoms with E-state index >= 15 is 0 Å². The lowest BCUT2D eigenvalue weighted by Gasteiger charge is -2.09. The molecule has 2 heterocycles. The molecule has 0 aromatic carbocycles. The molecule has 0 radical (unpaired) electrons. The van der Waals surface area contributed by atoms with E-state index in [0.717, 1.165) is 16.1 Å². The van der Waals surface area contributed by atoms with Crippen LogP contribution in [0.15, 0.2) is 12.3 Å². The minimum atomic E-state index is -0.390. The van der Waals surface area contributed by atoms with Gasteiger partial charge in [0.05, 0.1) is 12.7 Å². The van der Waals surface area contributed by atoms with Crippen molar-refractivity contribution in [2.45, 2.75) is 20.8 Å². The Hall–Kier alpha value is -2.06. The van der Waals surface area contributed by atoms with Crippen LogP contribution in [0.25, 0.3) is 0 Å². The normalized spacial score (nSPS) is 10.2. The molecule has 0 fully saturated rings. The van der Waals surface area contributed by atoms with Crippen molar-refractivity contribution in [3.63, 3.8) is 0 Å². The average molecular weight is 336 g/mol. The third-order valence-corrected chi connectivity index (χ3v) is 4.35. The number of carbonyl (C=O) groups excluding carboxylic acids is 1. The van der Waals surface area contributed by atoms with Gasteiger partial charge in [-0.2, -0.15) is 0 Å². The van der Waals surface area contributed by atoms with Crippen LogP contribution in [0, 0.1) is 20.8 Å². The SMILES string of the molecule is COC(=O)c1c(NC(=S)Nc2nccc(C)n2)sc(C)c1C. The third kappa shape index (κ3) is 3.58. The summed E-state index contributed by atoms with van der Waals surface area (Å²) < 4.78 is 4.83. The summed E-state index contributed by atoms with van der Waals surface area (Å²) in [6.07, 6.45) is 1.65. The van der Waals surface area contributed by atoms with Crippen LogP contribution in [0.1, 0.15) is 26.5 Å². The summed E-state index contributed by atoms with van der Waals surface area (Å²) in [6.45, 7) is 5.69. The number of aromatic nitrogens is 2. The molecule has 0 aliphatic rings. The number of hydrogen-bond donors (Lipinski definition) is 2. The van der Waals surface area contributed by atoms with E-state index in [1.807, 2.05) is 20.8 Å². The molecule has 0 aliphatic carbocycles. The number of thiophene rings is 1. The largest absolute Gasteiger partial charge is 0.465 e. The Kier molecular flexibility index (Phi) is 5.04. The number of esters is 1. The van der Waals surface area contributed by atoms with Gasteiger partial charge in [0.2, 0.25) is 5.95 Å². The van der Waals surface area contributed by atoms with E-state index in [-0.39, 0.29) is 5.97 Å². The fourth-order valence-electron chi connectivity index (χ4n) is 1.81. The Bertz CT molecular complexity index is 728. The van der Waals surface area contributed by atoms with E-state index in [1.54, 1.807) is 12.3 Å². The lowest BCUT2D eigenvalue weighted by Crippen LogP contribution is -2.21. The molecule has 2 aromatic rings. The molecule has 116 valence electrons. The maximum absolute atomic E-state index is 11.9. The Morgan fingerprint density at radius 3 is 2.68 bits per heavy atom. The third-order valence-electron chi connectivity index (χ3n) is 3.02. The topological polar surface area (TPSA) is 76.1 Å². The highest BCUT2D eigenvalue weighted by Crippen LogP contribution is 2.32. The van der Waals surface area contributed by atoms with Crippen LogP contribution >= 0.6 is 23.6 Å². The van der Waals surface area contributed by atoms with E-state index in [0.29, 0.717) is 21.6 Å². The van der Waals surface area contributed by atoms with Crippen molar-refractivity contribution < 1.29 is 9.53 Å². The first-order valence-electron chi connectivity index (χ1n) is 6.48. The summed E-state index contributed by atoms with van der Waals surface area (Å²) in [5.41, 5.74) is 2.21. The van der Waals surface area contributed by atoms with Crippen molar-refractivity contribution in [2.24, 2.45) is 0 Å². The number of methoxy groups -OCH3 is 1. The minimum Gasteiger partial charge on any atom is -0.465 e. The maximum Gasteiger partial charge on any atom is 0.341 e. The smallest absolute Gasteiger partial charge is 0.341 e. The molecule has 0 atom stereocenters. The number of carbonyl (C=O) groups is 1. The van der Waals surface area contributed by atoms with Crippen molar-refractivity contribution in [1.82, 2.24) is 9.97 Å². The Morgan fingerprint density at radius 2 is 2.05 bits per heavy atom. The molecule has 0 amide bonds. The average Bonchev–Trinajstić information content (AvgIpc) is 2.72. The van der Waals surface area contributed by atoms with Crippen LogP contribution in [0.4, 0.5) is 10.9 Å². The van der Waals surface area contributed by atoms with Crippen LogP contribution in [0.2, 0.25) is 0 Å². The summed E-state index contributed by atoms with van der Waals surface area (Å²) in [5.74, 6) is 0.0149. The summed E-state index contributed by atoms with van der Waals surface area (Å²) >= 11 is 6.70. The number of hydrogen-bond acceptors (Lipinski definition) is 6. The van der Waals surface area contributed by atoms with Crippen molar-refractivity contribution in [3.8, 4) is 0 Å². The van der Waals surface area contributed by atoms with Gasteiger partial charge in [-0.05, 0) is 44.6 Å². The number of nitrogens with zero attached hydrogens (tertiary/aromatic N) is 2. The second-order valence-corrected chi connectivity index (χ2v) is 6.21. The molecule has 0 spiro atoms. The monoisotopic (exact) mass is 336 g/mol. The highest BCUT2D eigenvalue weighted by atomic mass is 32.1. The Labute approximate surface area is 137 Å². The zero-order chi connectivity index (χ0) is 16.3. The number of aryl methyl sites for hydroxylation is 2. The zero-order valence-electron chi connectivity index (χ0n) is 12.7. The second-order valence-electron chi connectivity index (χ2n) is 4.58. The predicted octanol–water partition coefficient (Wildman–Crippen LogP) is 3.06.